The zero-order chi connectivity index (χ0) is 20.0. The first-order chi connectivity index (χ1) is 12.7. The van der Waals surface area contributed by atoms with E-state index in [0.29, 0.717) is 16.0 Å². The zero-order valence-electron chi connectivity index (χ0n) is 15.8. The summed E-state index contributed by atoms with van der Waals surface area (Å²) in [5, 5.41) is 12.0. The summed E-state index contributed by atoms with van der Waals surface area (Å²) in [6.45, 7) is 7.12. The van der Waals surface area contributed by atoms with E-state index in [4.69, 9.17) is 4.74 Å². The quantitative estimate of drug-likeness (QED) is 0.785. The predicted octanol–water partition coefficient (Wildman–Crippen LogP) is 4.17. The number of hydrogen-bond donors (Lipinski definition) is 1. The normalized spacial score (nSPS) is 12.0. The number of esters is 1. The molecule has 2 rings (SSSR count). The summed E-state index contributed by atoms with van der Waals surface area (Å²) >= 11 is 1.32. The molecule has 1 unspecified atom stereocenters. The molecule has 1 N–H and O–H groups in total. The fraction of sp³-hybridized carbons (Fsp3) is 0.286. The van der Waals surface area contributed by atoms with Crippen LogP contribution in [0.25, 0.3) is 0 Å². The molecule has 0 aromatic heterocycles. The van der Waals surface area contributed by atoms with E-state index in [1.54, 1.807) is 37.3 Å². The molecule has 0 fully saturated rings. The third-order valence-corrected chi connectivity index (χ3v) is 4.64. The lowest BCUT2D eigenvalue weighted by molar-refractivity contribution is -0.130. The molecule has 0 radical (unpaired) electrons. The summed E-state index contributed by atoms with van der Waals surface area (Å²) < 4.78 is 5.35. The van der Waals surface area contributed by atoms with Gasteiger partial charge in [0.25, 0.3) is 5.91 Å². The van der Waals surface area contributed by atoms with Crippen LogP contribution in [0.2, 0.25) is 0 Å². The highest BCUT2D eigenvalue weighted by molar-refractivity contribution is 7.99. The molecular weight excluding hydrogens is 360 g/mol. The SMILES string of the molecule is CC(OC(=O)c1ccccc1Sc1ccccc1C#N)C(=O)NC(C)(C)C. The minimum absolute atomic E-state index is 0.351. The Labute approximate surface area is 163 Å². The Hall–Kier alpha value is -2.78. The van der Waals surface area contributed by atoms with Crippen LogP contribution in [-0.4, -0.2) is 23.5 Å². The molecule has 140 valence electrons. The molecule has 0 bridgehead atoms. The summed E-state index contributed by atoms with van der Waals surface area (Å²) in [6, 6.07) is 16.3. The molecule has 1 atom stereocenters. The van der Waals surface area contributed by atoms with Crippen LogP contribution in [0.15, 0.2) is 58.3 Å². The summed E-state index contributed by atoms with van der Waals surface area (Å²) in [5.74, 6) is -0.931. The van der Waals surface area contributed by atoms with E-state index in [9.17, 15) is 14.9 Å². The highest BCUT2D eigenvalue weighted by Gasteiger charge is 2.24. The fourth-order valence-electron chi connectivity index (χ4n) is 2.24. The number of nitrogens with one attached hydrogen (secondary N) is 1. The Morgan fingerprint density at radius 2 is 1.67 bits per heavy atom. The molecule has 5 nitrogen and oxygen atoms in total. The van der Waals surface area contributed by atoms with Gasteiger partial charge < -0.3 is 10.1 Å². The van der Waals surface area contributed by atoms with Crippen LogP contribution in [0.3, 0.4) is 0 Å². The van der Waals surface area contributed by atoms with Gasteiger partial charge in [0.1, 0.15) is 6.07 Å². The molecule has 6 heteroatoms. The maximum absolute atomic E-state index is 12.6. The minimum Gasteiger partial charge on any atom is -0.449 e. The number of amides is 1. The molecule has 0 aliphatic carbocycles. The molecule has 0 heterocycles. The van der Waals surface area contributed by atoms with Gasteiger partial charge in [-0.05, 0) is 52.0 Å². The van der Waals surface area contributed by atoms with Crippen molar-refractivity contribution in [1.29, 1.82) is 5.26 Å². The van der Waals surface area contributed by atoms with Crippen LogP contribution in [0.5, 0.6) is 0 Å². The van der Waals surface area contributed by atoms with Crippen LogP contribution >= 0.6 is 11.8 Å². The Morgan fingerprint density at radius 1 is 1.07 bits per heavy atom. The van der Waals surface area contributed by atoms with Crippen molar-refractivity contribution >= 4 is 23.6 Å². The Morgan fingerprint density at radius 3 is 2.30 bits per heavy atom. The van der Waals surface area contributed by atoms with Crippen molar-refractivity contribution in [2.45, 2.75) is 49.1 Å². The smallest absolute Gasteiger partial charge is 0.340 e. The maximum Gasteiger partial charge on any atom is 0.340 e. The number of hydrogen-bond acceptors (Lipinski definition) is 5. The summed E-state index contributed by atoms with van der Waals surface area (Å²) in [4.78, 5) is 26.2. The van der Waals surface area contributed by atoms with Gasteiger partial charge in [-0.15, -0.1) is 0 Å². The molecule has 27 heavy (non-hydrogen) atoms. The maximum atomic E-state index is 12.6. The van der Waals surface area contributed by atoms with E-state index in [1.807, 2.05) is 39.0 Å². The lowest BCUT2D eigenvalue weighted by atomic mass is 10.1. The molecule has 0 aliphatic heterocycles. The van der Waals surface area contributed by atoms with Crippen molar-refractivity contribution in [1.82, 2.24) is 5.32 Å². The van der Waals surface area contributed by atoms with Gasteiger partial charge in [0.05, 0.1) is 11.1 Å². The molecular formula is C21H22N2O3S. The van der Waals surface area contributed by atoms with Gasteiger partial charge in [0, 0.05) is 15.3 Å². The fourth-order valence-corrected chi connectivity index (χ4v) is 3.25. The van der Waals surface area contributed by atoms with Crippen molar-refractivity contribution in [3.8, 4) is 6.07 Å². The number of nitrogens with zero attached hydrogens (tertiary/aromatic N) is 1. The van der Waals surface area contributed by atoms with Gasteiger partial charge in [-0.1, -0.05) is 36.0 Å². The first-order valence-electron chi connectivity index (χ1n) is 8.50. The van der Waals surface area contributed by atoms with Crippen LogP contribution in [0.1, 0.15) is 43.6 Å². The minimum atomic E-state index is -0.916. The van der Waals surface area contributed by atoms with Crippen molar-refractivity contribution in [3.05, 3.63) is 59.7 Å². The van der Waals surface area contributed by atoms with Crippen LogP contribution < -0.4 is 5.32 Å². The van der Waals surface area contributed by atoms with Crippen LogP contribution in [0.4, 0.5) is 0 Å². The highest BCUT2D eigenvalue weighted by Crippen LogP contribution is 2.33. The molecule has 0 saturated heterocycles. The van der Waals surface area contributed by atoms with Crippen LogP contribution in [-0.2, 0) is 9.53 Å². The van der Waals surface area contributed by atoms with Gasteiger partial charge in [0.2, 0.25) is 0 Å². The first kappa shape index (κ1) is 20.5. The summed E-state index contributed by atoms with van der Waals surface area (Å²) in [7, 11) is 0. The number of carbonyl (C=O) groups excluding carboxylic acids is 2. The summed E-state index contributed by atoms with van der Waals surface area (Å²) in [5.41, 5.74) is 0.473. The van der Waals surface area contributed by atoms with E-state index >= 15 is 0 Å². The summed E-state index contributed by atoms with van der Waals surface area (Å²) in [6.07, 6.45) is -0.916. The second-order valence-corrected chi connectivity index (χ2v) is 8.08. The molecule has 1 amide bonds. The Kier molecular flexibility index (Phi) is 6.65. The van der Waals surface area contributed by atoms with Gasteiger partial charge in [-0.3, -0.25) is 4.79 Å². The number of rotatable bonds is 5. The standard InChI is InChI=1S/C21H22N2O3S/c1-14(19(24)23-21(2,3)4)26-20(25)16-10-6-8-12-18(16)27-17-11-7-5-9-15(17)13-22/h5-12,14H,1-4H3,(H,23,24). The second kappa shape index (κ2) is 8.74. The van der Waals surface area contributed by atoms with E-state index < -0.39 is 17.6 Å². The number of benzene rings is 2. The molecule has 2 aromatic rings. The molecule has 0 spiro atoms. The average Bonchev–Trinajstić information content (AvgIpc) is 2.61. The monoisotopic (exact) mass is 382 g/mol. The Balaban J connectivity index is 2.18. The van der Waals surface area contributed by atoms with Gasteiger partial charge in [0.15, 0.2) is 6.10 Å². The molecule has 2 aromatic carbocycles. The van der Waals surface area contributed by atoms with Crippen molar-refractivity contribution in [3.63, 3.8) is 0 Å². The Bertz CT molecular complexity index is 881. The van der Waals surface area contributed by atoms with E-state index in [0.717, 1.165) is 4.90 Å². The van der Waals surface area contributed by atoms with Crippen molar-refractivity contribution < 1.29 is 14.3 Å². The highest BCUT2D eigenvalue weighted by atomic mass is 32.2. The van der Waals surface area contributed by atoms with Crippen molar-refractivity contribution in [2.75, 3.05) is 0 Å². The molecule has 0 saturated carbocycles. The largest absolute Gasteiger partial charge is 0.449 e. The first-order valence-corrected chi connectivity index (χ1v) is 9.32. The van der Waals surface area contributed by atoms with E-state index in [1.165, 1.54) is 11.8 Å². The van der Waals surface area contributed by atoms with Crippen LogP contribution in [0, 0.1) is 11.3 Å². The lowest BCUT2D eigenvalue weighted by Gasteiger charge is -2.23. The zero-order valence-corrected chi connectivity index (χ0v) is 16.6. The number of carbonyl (C=O) groups is 2. The number of ether oxygens (including phenoxy) is 1. The van der Waals surface area contributed by atoms with E-state index in [2.05, 4.69) is 11.4 Å². The second-order valence-electron chi connectivity index (χ2n) is 6.99. The predicted molar refractivity (Wildman–Crippen MR) is 104 cm³/mol. The number of nitriles is 1. The van der Waals surface area contributed by atoms with Gasteiger partial charge >= 0.3 is 5.97 Å². The van der Waals surface area contributed by atoms with Crippen molar-refractivity contribution in [2.24, 2.45) is 0 Å². The molecule has 0 aliphatic rings. The van der Waals surface area contributed by atoms with E-state index in [-0.39, 0.29) is 5.91 Å². The lowest BCUT2D eigenvalue weighted by Crippen LogP contribution is -2.46. The van der Waals surface area contributed by atoms with Gasteiger partial charge in [-0.2, -0.15) is 5.26 Å². The topological polar surface area (TPSA) is 79.2 Å². The van der Waals surface area contributed by atoms with Gasteiger partial charge in [-0.25, -0.2) is 4.79 Å². The third kappa shape index (κ3) is 5.87. The average molecular weight is 382 g/mol. The third-order valence-electron chi connectivity index (χ3n) is 3.49.